The van der Waals surface area contributed by atoms with Gasteiger partial charge >= 0.3 is 19.8 Å². The molecule has 0 rings (SSSR count). The number of unbranched alkanes of at least 4 members (excludes halogenated alkanes) is 31. The Balaban J connectivity index is 4.15. The lowest BCUT2D eigenvalue weighted by Gasteiger charge is -2.24. The number of allylic oxidation sites excluding steroid dienone is 4. The zero-order chi connectivity index (χ0) is 46.4. The molecule has 0 aliphatic rings. The van der Waals surface area contributed by atoms with Gasteiger partial charge in [-0.15, -0.1) is 0 Å². The fourth-order valence-corrected chi connectivity index (χ4v) is 8.32. The highest BCUT2D eigenvalue weighted by Gasteiger charge is 2.27. The second-order valence-electron chi connectivity index (χ2n) is 19.3. The first-order chi connectivity index (χ1) is 30.5. The number of phosphoric ester groups is 1. The smallest absolute Gasteiger partial charge is 0.462 e. The number of quaternary nitrogens is 1. The molecule has 0 amide bonds. The van der Waals surface area contributed by atoms with E-state index in [1.165, 1.54) is 161 Å². The highest BCUT2D eigenvalue weighted by Crippen LogP contribution is 2.43. The lowest BCUT2D eigenvalue weighted by Crippen LogP contribution is -2.37. The van der Waals surface area contributed by atoms with Gasteiger partial charge in [0.05, 0.1) is 27.7 Å². The van der Waals surface area contributed by atoms with E-state index in [1.807, 2.05) is 21.1 Å². The molecule has 0 spiro atoms. The first-order valence-electron chi connectivity index (χ1n) is 26.6. The number of nitrogens with zero attached hydrogens (tertiary/aromatic N) is 1. The molecular formula is C53H103NO8P+. The average molecular weight is 913 g/mol. The van der Waals surface area contributed by atoms with E-state index in [2.05, 4.69) is 38.2 Å². The van der Waals surface area contributed by atoms with Gasteiger partial charge in [0, 0.05) is 12.8 Å². The summed E-state index contributed by atoms with van der Waals surface area (Å²) in [5.74, 6) is -0.802. The Bertz CT molecular complexity index is 1120. The number of carbonyl (C=O) groups excluding carboxylic acids is 2. The Hall–Kier alpha value is -1.51. The molecule has 0 aromatic carbocycles. The Morgan fingerprint density at radius 3 is 1.29 bits per heavy atom. The first kappa shape index (κ1) is 61.5. The topological polar surface area (TPSA) is 108 Å². The van der Waals surface area contributed by atoms with Crippen molar-refractivity contribution < 1.29 is 42.1 Å². The predicted octanol–water partition coefficient (Wildman–Crippen LogP) is 15.9. The van der Waals surface area contributed by atoms with Crippen molar-refractivity contribution in [3.05, 3.63) is 24.3 Å². The number of carbonyl (C=O) groups is 2. The number of likely N-dealkylation sites (N-methyl/N-ethyl adjacent to an activating group) is 1. The average Bonchev–Trinajstić information content (AvgIpc) is 3.24. The lowest BCUT2D eigenvalue weighted by molar-refractivity contribution is -0.870. The van der Waals surface area contributed by atoms with Crippen LogP contribution in [0.1, 0.15) is 251 Å². The lowest BCUT2D eigenvalue weighted by atomic mass is 10.0. The molecule has 9 nitrogen and oxygen atoms in total. The van der Waals surface area contributed by atoms with Crippen LogP contribution in [0.5, 0.6) is 0 Å². The molecule has 63 heavy (non-hydrogen) atoms. The van der Waals surface area contributed by atoms with Gasteiger partial charge < -0.3 is 18.9 Å². The van der Waals surface area contributed by atoms with E-state index in [-0.39, 0.29) is 25.6 Å². The van der Waals surface area contributed by atoms with Gasteiger partial charge in [-0.3, -0.25) is 18.6 Å². The third-order valence-electron chi connectivity index (χ3n) is 11.7. The molecule has 0 aromatic heterocycles. The molecule has 0 aliphatic carbocycles. The molecule has 0 aliphatic heterocycles. The van der Waals surface area contributed by atoms with Crippen molar-refractivity contribution in [2.75, 3.05) is 47.5 Å². The van der Waals surface area contributed by atoms with E-state index in [4.69, 9.17) is 18.5 Å². The van der Waals surface area contributed by atoms with Crippen LogP contribution < -0.4 is 0 Å². The van der Waals surface area contributed by atoms with Crippen molar-refractivity contribution in [2.24, 2.45) is 0 Å². The van der Waals surface area contributed by atoms with Crippen LogP contribution in [-0.2, 0) is 32.7 Å². The van der Waals surface area contributed by atoms with Crippen LogP contribution in [0.15, 0.2) is 24.3 Å². The van der Waals surface area contributed by atoms with E-state index in [9.17, 15) is 19.0 Å². The second-order valence-corrected chi connectivity index (χ2v) is 20.7. The molecule has 2 atom stereocenters. The van der Waals surface area contributed by atoms with Gasteiger partial charge in [0.2, 0.25) is 0 Å². The van der Waals surface area contributed by atoms with Gasteiger partial charge in [-0.1, -0.05) is 218 Å². The zero-order valence-electron chi connectivity index (χ0n) is 42.1. The van der Waals surface area contributed by atoms with E-state index in [0.29, 0.717) is 23.9 Å². The minimum Gasteiger partial charge on any atom is -0.462 e. The van der Waals surface area contributed by atoms with Crippen molar-refractivity contribution >= 4 is 19.8 Å². The summed E-state index contributed by atoms with van der Waals surface area (Å²) in [6, 6.07) is 0. The van der Waals surface area contributed by atoms with Crippen LogP contribution in [0.3, 0.4) is 0 Å². The van der Waals surface area contributed by atoms with Crippen LogP contribution >= 0.6 is 7.82 Å². The zero-order valence-corrected chi connectivity index (χ0v) is 43.0. The fraction of sp³-hybridized carbons (Fsp3) is 0.887. The van der Waals surface area contributed by atoms with Gasteiger partial charge in [0.1, 0.15) is 19.8 Å². The maximum atomic E-state index is 12.7. The fourth-order valence-electron chi connectivity index (χ4n) is 7.58. The Morgan fingerprint density at radius 1 is 0.492 bits per heavy atom. The maximum Gasteiger partial charge on any atom is 0.472 e. The minimum absolute atomic E-state index is 0.0309. The van der Waals surface area contributed by atoms with E-state index < -0.39 is 26.5 Å². The molecule has 0 fully saturated rings. The van der Waals surface area contributed by atoms with Gasteiger partial charge in [0.15, 0.2) is 6.10 Å². The monoisotopic (exact) mass is 913 g/mol. The van der Waals surface area contributed by atoms with E-state index in [0.717, 1.165) is 57.8 Å². The number of esters is 2. The van der Waals surface area contributed by atoms with Crippen LogP contribution in [0, 0.1) is 0 Å². The maximum absolute atomic E-state index is 12.7. The highest BCUT2D eigenvalue weighted by molar-refractivity contribution is 7.47. The first-order valence-corrected chi connectivity index (χ1v) is 28.1. The van der Waals surface area contributed by atoms with Crippen molar-refractivity contribution in [1.82, 2.24) is 0 Å². The molecule has 0 aromatic rings. The standard InChI is InChI=1S/C53H102NO8P/c1-6-8-10-12-14-16-18-20-22-23-24-25-26-27-28-29-30-32-33-35-37-39-41-43-45-52(55)59-49-51(50-61-63(57,58)60-48-47-54(3,4)5)62-53(56)46-44-42-40-38-36-34-31-21-19-17-15-13-11-9-7-2/h15,17,21,31,51H,6-14,16,18-20,22-30,32-50H2,1-5H3/p+1/b17-15-,31-21-. The van der Waals surface area contributed by atoms with Gasteiger partial charge in [-0.25, -0.2) is 4.57 Å². The molecule has 0 saturated heterocycles. The Kier molecular flexibility index (Phi) is 44.5. The molecule has 0 radical (unpaired) electrons. The van der Waals surface area contributed by atoms with Gasteiger partial charge in [-0.2, -0.15) is 0 Å². The predicted molar refractivity (Wildman–Crippen MR) is 266 cm³/mol. The van der Waals surface area contributed by atoms with Gasteiger partial charge in [-0.05, 0) is 44.9 Å². The summed E-state index contributed by atoms with van der Waals surface area (Å²) in [6.07, 6.45) is 52.4. The largest absolute Gasteiger partial charge is 0.472 e. The normalized spacial score (nSPS) is 13.6. The SMILES string of the molecule is CCCCC/C=C\C/C=C\CCCCCCCC(=O)OC(COC(=O)CCCCCCCCCCCCCCCCCCCCCCCCCC)COP(=O)(O)OCC[N+](C)(C)C. The molecule has 2 unspecified atom stereocenters. The minimum atomic E-state index is -4.38. The van der Waals surface area contributed by atoms with Crippen LogP contribution in [0.25, 0.3) is 0 Å². The molecular weight excluding hydrogens is 810 g/mol. The number of ether oxygens (including phenoxy) is 2. The third-order valence-corrected chi connectivity index (χ3v) is 12.7. The summed E-state index contributed by atoms with van der Waals surface area (Å²) in [5.41, 5.74) is 0. The molecule has 0 heterocycles. The van der Waals surface area contributed by atoms with Crippen LogP contribution in [0.2, 0.25) is 0 Å². The molecule has 372 valence electrons. The highest BCUT2D eigenvalue weighted by atomic mass is 31.2. The Labute approximate surface area is 389 Å². The summed E-state index contributed by atoms with van der Waals surface area (Å²) in [7, 11) is 1.48. The summed E-state index contributed by atoms with van der Waals surface area (Å²) in [6.45, 7) is 4.42. The molecule has 0 bridgehead atoms. The summed E-state index contributed by atoms with van der Waals surface area (Å²) >= 11 is 0. The number of phosphoric acid groups is 1. The molecule has 1 N–H and O–H groups in total. The van der Waals surface area contributed by atoms with Crippen molar-refractivity contribution in [2.45, 2.75) is 258 Å². The van der Waals surface area contributed by atoms with Crippen molar-refractivity contribution in [3.63, 3.8) is 0 Å². The Morgan fingerprint density at radius 2 is 0.857 bits per heavy atom. The number of hydrogen-bond donors (Lipinski definition) is 1. The quantitative estimate of drug-likeness (QED) is 0.0211. The molecule has 10 heteroatoms. The van der Waals surface area contributed by atoms with Gasteiger partial charge in [0.25, 0.3) is 0 Å². The van der Waals surface area contributed by atoms with Crippen LogP contribution in [0.4, 0.5) is 0 Å². The van der Waals surface area contributed by atoms with Crippen molar-refractivity contribution in [1.29, 1.82) is 0 Å². The van der Waals surface area contributed by atoms with Crippen LogP contribution in [-0.4, -0.2) is 74.9 Å². The van der Waals surface area contributed by atoms with E-state index >= 15 is 0 Å². The summed E-state index contributed by atoms with van der Waals surface area (Å²) in [4.78, 5) is 35.5. The molecule has 0 saturated carbocycles. The third kappa shape index (κ3) is 49.8. The number of rotatable bonds is 49. The number of hydrogen-bond acceptors (Lipinski definition) is 7. The van der Waals surface area contributed by atoms with E-state index in [1.54, 1.807) is 0 Å². The summed E-state index contributed by atoms with van der Waals surface area (Å²) < 4.78 is 34.4. The van der Waals surface area contributed by atoms with Crippen molar-refractivity contribution in [3.8, 4) is 0 Å². The summed E-state index contributed by atoms with van der Waals surface area (Å²) in [5, 5.41) is 0. The second kappa shape index (κ2) is 45.6.